The van der Waals surface area contributed by atoms with Gasteiger partial charge in [0.2, 0.25) is 11.7 Å². The Hall–Kier alpha value is -2.41. The van der Waals surface area contributed by atoms with Crippen LogP contribution in [0.2, 0.25) is 0 Å². The molecule has 0 bridgehead atoms. The predicted octanol–water partition coefficient (Wildman–Crippen LogP) is 3.51. The van der Waals surface area contributed by atoms with Crippen molar-refractivity contribution in [1.82, 2.24) is 10.1 Å². The molecule has 0 aliphatic heterocycles. The van der Waals surface area contributed by atoms with Crippen molar-refractivity contribution in [2.45, 2.75) is 20.3 Å². The van der Waals surface area contributed by atoms with E-state index in [1.54, 1.807) is 12.1 Å². The fraction of sp³-hybridized carbons (Fsp3) is 0.214. The van der Waals surface area contributed by atoms with Crippen LogP contribution < -0.4 is 5.32 Å². The molecule has 108 valence electrons. The Morgan fingerprint density at radius 2 is 2.33 bits per heavy atom. The van der Waals surface area contributed by atoms with Crippen molar-refractivity contribution in [3.05, 3.63) is 41.0 Å². The number of thiophene rings is 1. The lowest BCUT2D eigenvalue weighted by Gasteiger charge is -2.00. The van der Waals surface area contributed by atoms with E-state index in [1.165, 1.54) is 17.6 Å². The van der Waals surface area contributed by atoms with Crippen molar-refractivity contribution in [3.63, 3.8) is 0 Å². The first-order valence-electron chi connectivity index (χ1n) is 6.45. The summed E-state index contributed by atoms with van der Waals surface area (Å²) >= 11 is 1.50. The number of amides is 1. The fourth-order valence-electron chi connectivity index (χ4n) is 1.81. The lowest BCUT2D eigenvalue weighted by molar-refractivity contribution is 0.0996. The minimum absolute atomic E-state index is 0.273. The average molecular weight is 303 g/mol. The number of aryl methyl sites for hydroxylation is 2. The Bertz CT molecular complexity index is 758. The largest absolute Gasteiger partial charge is 0.459 e. The van der Waals surface area contributed by atoms with Gasteiger partial charge in [0.1, 0.15) is 0 Å². The molecule has 3 aromatic heterocycles. The molecule has 0 unspecified atom stereocenters. The molecule has 1 N–H and O–H groups in total. The third-order valence-corrected chi connectivity index (χ3v) is 3.95. The van der Waals surface area contributed by atoms with Gasteiger partial charge in [-0.15, -0.1) is 11.3 Å². The summed E-state index contributed by atoms with van der Waals surface area (Å²) in [5, 5.41) is 6.75. The van der Waals surface area contributed by atoms with Crippen LogP contribution in [0.4, 0.5) is 5.69 Å². The fourth-order valence-corrected chi connectivity index (χ4v) is 2.71. The van der Waals surface area contributed by atoms with Gasteiger partial charge in [0.15, 0.2) is 5.76 Å². The Balaban J connectivity index is 1.83. The second-order valence-corrected chi connectivity index (χ2v) is 5.63. The zero-order chi connectivity index (χ0) is 14.8. The second kappa shape index (κ2) is 5.53. The highest BCUT2D eigenvalue weighted by Gasteiger charge is 2.16. The maximum absolute atomic E-state index is 12.0. The third kappa shape index (κ3) is 2.73. The minimum Gasteiger partial charge on any atom is -0.459 e. The molecule has 0 aromatic carbocycles. The third-order valence-electron chi connectivity index (χ3n) is 2.90. The highest BCUT2D eigenvalue weighted by Crippen LogP contribution is 2.33. The van der Waals surface area contributed by atoms with E-state index >= 15 is 0 Å². The smallest absolute Gasteiger partial charge is 0.291 e. The van der Waals surface area contributed by atoms with Gasteiger partial charge in [-0.05, 0) is 25.1 Å². The predicted molar refractivity (Wildman–Crippen MR) is 78.4 cm³/mol. The zero-order valence-corrected chi connectivity index (χ0v) is 12.4. The normalized spacial score (nSPS) is 10.8. The molecule has 3 rings (SSSR count). The lowest BCUT2D eigenvalue weighted by atomic mass is 10.3. The first-order valence-corrected chi connectivity index (χ1v) is 7.27. The van der Waals surface area contributed by atoms with Crippen LogP contribution in [0.15, 0.2) is 33.4 Å². The van der Waals surface area contributed by atoms with Crippen molar-refractivity contribution in [2.24, 2.45) is 0 Å². The summed E-state index contributed by atoms with van der Waals surface area (Å²) in [7, 11) is 0. The quantitative estimate of drug-likeness (QED) is 0.797. The molecule has 0 aliphatic rings. The van der Waals surface area contributed by atoms with E-state index in [4.69, 9.17) is 8.94 Å². The number of furan rings is 1. The number of nitrogens with one attached hydrogen (secondary N) is 1. The summed E-state index contributed by atoms with van der Waals surface area (Å²) in [5.41, 5.74) is 0.722. The molecular formula is C14H13N3O3S. The molecule has 21 heavy (non-hydrogen) atoms. The molecule has 0 atom stereocenters. The van der Waals surface area contributed by atoms with Gasteiger partial charge < -0.3 is 14.3 Å². The number of hydrogen-bond donors (Lipinski definition) is 1. The van der Waals surface area contributed by atoms with Crippen LogP contribution >= 0.6 is 11.3 Å². The van der Waals surface area contributed by atoms with Crippen molar-refractivity contribution < 1.29 is 13.7 Å². The zero-order valence-electron chi connectivity index (χ0n) is 11.5. The second-order valence-electron chi connectivity index (χ2n) is 4.38. The summed E-state index contributed by atoms with van der Waals surface area (Å²) in [5.74, 6) is 1.13. The first kappa shape index (κ1) is 13.6. The molecule has 6 nitrogen and oxygen atoms in total. The molecular weight excluding hydrogens is 290 g/mol. The van der Waals surface area contributed by atoms with Gasteiger partial charge in [0, 0.05) is 11.3 Å². The molecule has 0 saturated carbocycles. The van der Waals surface area contributed by atoms with Gasteiger partial charge in [-0.1, -0.05) is 12.1 Å². The van der Waals surface area contributed by atoms with Gasteiger partial charge in [0.25, 0.3) is 5.91 Å². The minimum atomic E-state index is -0.283. The van der Waals surface area contributed by atoms with E-state index in [0.29, 0.717) is 18.1 Å². The van der Waals surface area contributed by atoms with E-state index in [9.17, 15) is 4.79 Å². The van der Waals surface area contributed by atoms with Gasteiger partial charge in [0.05, 0.1) is 16.8 Å². The molecule has 0 radical (unpaired) electrons. The summed E-state index contributed by atoms with van der Waals surface area (Å²) < 4.78 is 10.2. The number of rotatable bonds is 4. The number of hydrogen-bond acceptors (Lipinski definition) is 6. The number of carbonyl (C=O) groups excluding carboxylic acids is 1. The van der Waals surface area contributed by atoms with Crippen molar-refractivity contribution in [1.29, 1.82) is 0 Å². The van der Waals surface area contributed by atoms with Crippen LogP contribution in [0.25, 0.3) is 10.7 Å². The maximum atomic E-state index is 12.0. The van der Waals surface area contributed by atoms with Crippen LogP contribution in [0.5, 0.6) is 0 Å². The number of nitrogens with zero attached hydrogens (tertiary/aromatic N) is 2. The van der Waals surface area contributed by atoms with E-state index in [2.05, 4.69) is 15.5 Å². The standard InChI is InChI=1S/C14H13N3O3S/c1-3-12-16-13(17-20-12)11-7-9(8(2)21-11)15-14(18)10-5-4-6-19-10/h4-7H,3H2,1-2H3,(H,15,18). The molecule has 3 aromatic rings. The van der Waals surface area contributed by atoms with E-state index in [1.807, 2.05) is 19.9 Å². The summed E-state index contributed by atoms with van der Waals surface area (Å²) in [6, 6.07) is 5.13. The Labute approximate surface area is 124 Å². The van der Waals surface area contributed by atoms with E-state index < -0.39 is 0 Å². The SMILES string of the molecule is CCc1nc(-c2cc(NC(=O)c3ccco3)c(C)s2)no1. The van der Waals surface area contributed by atoms with Crippen LogP contribution in [0.1, 0.15) is 28.2 Å². The highest BCUT2D eigenvalue weighted by atomic mass is 32.1. The number of aromatic nitrogens is 2. The van der Waals surface area contributed by atoms with Crippen LogP contribution in [-0.4, -0.2) is 16.0 Å². The summed E-state index contributed by atoms with van der Waals surface area (Å²) in [4.78, 5) is 18.1. The van der Waals surface area contributed by atoms with Crippen molar-refractivity contribution in [2.75, 3.05) is 5.32 Å². The average Bonchev–Trinajstić information content (AvgIpc) is 3.18. The molecule has 1 amide bonds. The Morgan fingerprint density at radius 1 is 1.48 bits per heavy atom. The lowest BCUT2D eigenvalue weighted by Crippen LogP contribution is -2.10. The van der Waals surface area contributed by atoms with Gasteiger partial charge in [-0.25, -0.2) is 0 Å². The van der Waals surface area contributed by atoms with Crippen molar-refractivity contribution >= 4 is 22.9 Å². The molecule has 0 saturated heterocycles. The van der Waals surface area contributed by atoms with Gasteiger partial charge in [-0.2, -0.15) is 4.98 Å². The van der Waals surface area contributed by atoms with E-state index in [0.717, 1.165) is 15.4 Å². The number of carbonyl (C=O) groups is 1. The number of anilines is 1. The topological polar surface area (TPSA) is 81.2 Å². The molecule has 0 fully saturated rings. The monoisotopic (exact) mass is 303 g/mol. The van der Waals surface area contributed by atoms with Gasteiger partial charge >= 0.3 is 0 Å². The van der Waals surface area contributed by atoms with E-state index in [-0.39, 0.29) is 11.7 Å². The van der Waals surface area contributed by atoms with Crippen molar-refractivity contribution in [3.8, 4) is 10.7 Å². The first-order chi connectivity index (χ1) is 10.2. The summed E-state index contributed by atoms with van der Waals surface area (Å²) in [6.07, 6.45) is 2.16. The van der Waals surface area contributed by atoms with Gasteiger partial charge in [-0.3, -0.25) is 4.79 Å². The molecule has 3 heterocycles. The van der Waals surface area contributed by atoms with Crippen LogP contribution in [0.3, 0.4) is 0 Å². The summed E-state index contributed by atoms with van der Waals surface area (Å²) in [6.45, 7) is 3.87. The highest BCUT2D eigenvalue weighted by molar-refractivity contribution is 7.16. The molecule has 0 aliphatic carbocycles. The van der Waals surface area contributed by atoms with Crippen LogP contribution in [-0.2, 0) is 6.42 Å². The Morgan fingerprint density at radius 3 is 3.00 bits per heavy atom. The van der Waals surface area contributed by atoms with Crippen LogP contribution in [0, 0.1) is 6.92 Å². The Kier molecular flexibility index (Phi) is 3.57. The maximum Gasteiger partial charge on any atom is 0.291 e. The molecule has 7 heteroatoms. The molecule has 0 spiro atoms.